The number of pyridine rings is 1. The molecule has 0 amide bonds. The summed E-state index contributed by atoms with van der Waals surface area (Å²) in [6.07, 6.45) is 3.14. The standard InChI is InChI=1S/C17H17BrN4O2S4/c1-9-3-4-26-13(9)8-22-16-11(18)5-10(7-21-16)28(23,24)14-6-12(15(19)20)27-17(14)25-2/h3-7H,8H2,1-2H3,(H3,19,20)(H,21,22). The van der Waals surface area contributed by atoms with Crippen LogP contribution >= 0.6 is 50.4 Å². The van der Waals surface area contributed by atoms with Crippen LogP contribution in [0.25, 0.3) is 0 Å². The zero-order valence-corrected chi connectivity index (χ0v) is 19.8. The van der Waals surface area contributed by atoms with Crippen molar-refractivity contribution in [1.82, 2.24) is 4.98 Å². The number of sulfone groups is 1. The monoisotopic (exact) mass is 516 g/mol. The maximum absolute atomic E-state index is 13.1. The van der Waals surface area contributed by atoms with Crippen molar-refractivity contribution in [3.63, 3.8) is 0 Å². The van der Waals surface area contributed by atoms with Gasteiger partial charge in [0.1, 0.15) is 11.7 Å². The Labute approximate surface area is 184 Å². The molecule has 0 bridgehead atoms. The Hall–Kier alpha value is -1.40. The lowest BCUT2D eigenvalue weighted by atomic mass is 10.3. The first-order valence-electron chi connectivity index (χ1n) is 7.93. The molecule has 28 heavy (non-hydrogen) atoms. The molecule has 148 valence electrons. The molecule has 0 aromatic carbocycles. The minimum absolute atomic E-state index is 0.0837. The number of amidine groups is 1. The van der Waals surface area contributed by atoms with E-state index >= 15 is 0 Å². The summed E-state index contributed by atoms with van der Waals surface area (Å²) in [6.45, 7) is 2.66. The van der Waals surface area contributed by atoms with Crippen LogP contribution in [-0.4, -0.2) is 25.5 Å². The van der Waals surface area contributed by atoms with Crippen molar-refractivity contribution in [2.45, 2.75) is 27.5 Å². The maximum atomic E-state index is 13.1. The van der Waals surface area contributed by atoms with Gasteiger partial charge in [-0.05, 0) is 58.3 Å². The van der Waals surface area contributed by atoms with Gasteiger partial charge in [0, 0.05) is 11.1 Å². The van der Waals surface area contributed by atoms with Gasteiger partial charge in [0.25, 0.3) is 0 Å². The molecule has 0 aliphatic rings. The van der Waals surface area contributed by atoms with Gasteiger partial charge in [0.05, 0.1) is 29.9 Å². The number of halogens is 1. The molecule has 0 fully saturated rings. The Morgan fingerprint density at radius 3 is 2.75 bits per heavy atom. The van der Waals surface area contributed by atoms with Crippen molar-refractivity contribution in [2.75, 3.05) is 11.6 Å². The van der Waals surface area contributed by atoms with Crippen LogP contribution in [0.2, 0.25) is 0 Å². The number of thiophene rings is 2. The van der Waals surface area contributed by atoms with E-state index in [9.17, 15) is 8.42 Å². The number of nitrogen functional groups attached to an aromatic ring is 1. The van der Waals surface area contributed by atoms with Crippen LogP contribution < -0.4 is 11.1 Å². The minimum Gasteiger partial charge on any atom is -0.383 e. The second-order valence-electron chi connectivity index (χ2n) is 5.77. The number of nitrogens with two attached hydrogens (primary N) is 1. The smallest absolute Gasteiger partial charge is 0.210 e. The Morgan fingerprint density at radius 1 is 1.43 bits per heavy atom. The number of aryl methyl sites for hydroxylation is 1. The van der Waals surface area contributed by atoms with Gasteiger partial charge in [-0.15, -0.1) is 34.4 Å². The summed E-state index contributed by atoms with van der Waals surface area (Å²) in [6, 6.07) is 5.05. The molecule has 4 N–H and O–H groups in total. The molecule has 0 radical (unpaired) electrons. The Balaban J connectivity index is 1.90. The second kappa shape index (κ2) is 8.54. The number of thioether (sulfide) groups is 1. The maximum Gasteiger partial charge on any atom is 0.210 e. The summed E-state index contributed by atoms with van der Waals surface area (Å²) in [5.41, 5.74) is 6.73. The third-order valence-electron chi connectivity index (χ3n) is 3.92. The van der Waals surface area contributed by atoms with E-state index in [0.29, 0.717) is 25.9 Å². The van der Waals surface area contributed by atoms with E-state index in [4.69, 9.17) is 11.1 Å². The molecule has 3 rings (SSSR count). The molecule has 0 saturated carbocycles. The summed E-state index contributed by atoms with van der Waals surface area (Å²) in [7, 11) is -3.78. The van der Waals surface area contributed by atoms with Crippen molar-refractivity contribution in [2.24, 2.45) is 5.73 Å². The van der Waals surface area contributed by atoms with Crippen molar-refractivity contribution < 1.29 is 8.42 Å². The zero-order valence-electron chi connectivity index (χ0n) is 14.9. The lowest BCUT2D eigenvalue weighted by Crippen LogP contribution is -2.09. The molecule has 11 heteroatoms. The summed E-state index contributed by atoms with van der Waals surface area (Å²) >= 11 is 7.58. The molecule has 0 spiro atoms. The van der Waals surface area contributed by atoms with Crippen molar-refractivity contribution >= 4 is 71.9 Å². The van der Waals surface area contributed by atoms with Gasteiger partial charge in [-0.2, -0.15) is 0 Å². The van der Waals surface area contributed by atoms with Crippen LogP contribution in [0.5, 0.6) is 0 Å². The van der Waals surface area contributed by atoms with Gasteiger partial charge in [0.15, 0.2) is 0 Å². The molecule has 0 saturated heterocycles. The zero-order chi connectivity index (χ0) is 20.5. The van der Waals surface area contributed by atoms with Crippen LogP contribution in [0.1, 0.15) is 15.3 Å². The molecule has 3 heterocycles. The average Bonchev–Trinajstić information content (AvgIpc) is 3.27. The summed E-state index contributed by atoms with van der Waals surface area (Å²) < 4.78 is 27.4. The number of nitrogens with one attached hydrogen (secondary N) is 2. The fraction of sp³-hybridized carbons (Fsp3) is 0.176. The highest BCUT2D eigenvalue weighted by Gasteiger charge is 2.26. The van der Waals surface area contributed by atoms with Gasteiger partial charge in [-0.1, -0.05) is 0 Å². The van der Waals surface area contributed by atoms with E-state index in [1.165, 1.54) is 45.8 Å². The lowest BCUT2D eigenvalue weighted by Gasteiger charge is -2.10. The van der Waals surface area contributed by atoms with Gasteiger partial charge in [-0.3, -0.25) is 5.41 Å². The number of aromatic nitrogens is 1. The van der Waals surface area contributed by atoms with E-state index in [1.807, 2.05) is 12.3 Å². The van der Waals surface area contributed by atoms with Crippen molar-refractivity contribution in [3.05, 3.63) is 49.6 Å². The van der Waals surface area contributed by atoms with Crippen molar-refractivity contribution in [3.8, 4) is 0 Å². The van der Waals surface area contributed by atoms with Gasteiger partial charge < -0.3 is 11.1 Å². The first-order chi connectivity index (χ1) is 13.2. The molecule has 0 unspecified atom stereocenters. The number of nitrogens with zero attached hydrogens (tertiary/aromatic N) is 1. The fourth-order valence-corrected chi connectivity index (χ4v) is 7.71. The summed E-state index contributed by atoms with van der Waals surface area (Å²) in [5, 5.41) is 12.8. The molecule has 0 aliphatic carbocycles. The highest BCUT2D eigenvalue weighted by molar-refractivity contribution is 9.10. The van der Waals surface area contributed by atoms with Gasteiger partial charge >= 0.3 is 0 Å². The predicted molar refractivity (Wildman–Crippen MR) is 121 cm³/mol. The normalized spacial score (nSPS) is 11.5. The second-order valence-corrected chi connectivity index (χ2v) is 11.7. The van der Waals surface area contributed by atoms with E-state index < -0.39 is 9.84 Å². The van der Waals surface area contributed by atoms with E-state index in [2.05, 4.69) is 32.3 Å². The van der Waals surface area contributed by atoms with E-state index in [1.54, 1.807) is 23.7 Å². The topological polar surface area (TPSA) is 109 Å². The van der Waals surface area contributed by atoms with Crippen molar-refractivity contribution in [1.29, 1.82) is 5.41 Å². The Morgan fingerprint density at radius 2 is 2.18 bits per heavy atom. The quantitative estimate of drug-likeness (QED) is 0.238. The average molecular weight is 518 g/mol. The molecule has 0 aliphatic heterocycles. The van der Waals surface area contributed by atoms with E-state index in [0.717, 1.165) is 0 Å². The SMILES string of the molecule is CSc1sc(C(=N)N)cc1S(=O)(=O)c1cnc(NCc2sccc2C)c(Br)c1. The fourth-order valence-electron chi connectivity index (χ4n) is 2.39. The number of rotatable bonds is 7. The van der Waals surface area contributed by atoms with Crippen LogP contribution in [-0.2, 0) is 16.4 Å². The van der Waals surface area contributed by atoms with Crippen LogP contribution in [0.3, 0.4) is 0 Å². The number of hydrogen-bond donors (Lipinski definition) is 3. The first-order valence-corrected chi connectivity index (χ1v) is 13.1. The number of anilines is 1. The molecule has 3 aromatic heterocycles. The Kier molecular flexibility index (Phi) is 6.50. The third kappa shape index (κ3) is 4.28. The highest BCUT2D eigenvalue weighted by Crippen LogP contribution is 2.37. The van der Waals surface area contributed by atoms with E-state index in [-0.39, 0.29) is 15.6 Å². The third-order valence-corrected chi connectivity index (χ3v) is 9.85. The van der Waals surface area contributed by atoms with Crippen LogP contribution in [0.15, 0.2) is 48.2 Å². The van der Waals surface area contributed by atoms with Crippen LogP contribution in [0.4, 0.5) is 5.82 Å². The molecular weight excluding hydrogens is 500 g/mol. The molecule has 0 atom stereocenters. The molecule has 6 nitrogen and oxygen atoms in total. The minimum atomic E-state index is -3.78. The van der Waals surface area contributed by atoms with Gasteiger partial charge in [0.2, 0.25) is 9.84 Å². The van der Waals surface area contributed by atoms with Crippen LogP contribution in [0, 0.1) is 12.3 Å². The highest BCUT2D eigenvalue weighted by atomic mass is 79.9. The number of hydrogen-bond acceptors (Lipinski definition) is 8. The largest absolute Gasteiger partial charge is 0.383 e. The molecular formula is C17H17BrN4O2S4. The lowest BCUT2D eigenvalue weighted by molar-refractivity contribution is 0.594. The Bertz CT molecular complexity index is 1140. The molecule has 3 aromatic rings. The first kappa shape index (κ1) is 21.3. The summed E-state index contributed by atoms with van der Waals surface area (Å²) in [4.78, 5) is 6.16. The predicted octanol–water partition coefficient (Wildman–Crippen LogP) is 4.73. The summed E-state index contributed by atoms with van der Waals surface area (Å²) in [5.74, 6) is 0.427. The van der Waals surface area contributed by atoms with Gasteiger partial charge in [-0.25, -0.2) is 13.4 Å².